The third-order valence-corrected chi connectivity index (χ3v) is 5.03. The molecule has 0 unspecified atom stereocenters. The van der Waals surface area contributed by atoms with Gasteiger partial charge >= 0.3 is 6.03 Å². The number of hydrogen-bond acceptors (Lipinski definition) is 4. The highest BCUT2D eigenvalue weighted by Crippen LogP contribution is 2.39. The van der Waals surface area contributed by atoms with E-state index in [1.54, 1.807) is 17.5 Å². The average molecular weight is 313 g/mol. The fourth-order valence-corrected chi connectivity index (χ4v) is 3.48. The van der Waals surface area contributed by atoms with E-state index in [0.29, 0.717) is 16.7 Å². The van der Waals surface area contributed by atoms with Crippen LogP contribution in [0.5, 0.6) is 0 Å². The first-order valence-electron chi connectivity index (χ1n) is 7.25. The Labute approximate surface area is 131 Å². The van der Waals surface area contributed by atoms with Gasteiger partial charge in [0, 0.05) is 22.1 Å². The fraction of sp³-hybridized carbons (Fsp3) is 0.267. The number of aromatic nitrogens is 3. The number of aromatic amines is 1. The van der Waals surface area contributed by atoms with Gasteiger partial charge in [0.1, 0.15) is 0 Å². The molecule has 1 aliphatic carbocycles. The second-order valence-electron chi connectivity index (χ2n) is 5.45. The fourth-order valence-electron chi connectivity index (χ4n) is 2.50. The first kappa shape index (κ1) is 13.3. The number of thiazole rings is 1. The van der Waals surface area contributed by atoms with Crippen LogP contribution in [0.1, 0.15) is 30.1 Å². The number of nitrogens with zero attached hydrogens (tertiary/aromatic N) is 2. The Morgan fingerprint density at radius 3 is 3.00 bits per heavy atom. The summed E-state index contributed by atoms with van der Waals surface area (Å²) in [5, 5.41) is 14.1. The number of carbonyl (C=O) groups excluding carboxylic acids is 1. The summed E-state index contributed by atoms with van der Waals surface area (Å²) in [6, 6.07) is 5.32. The van der Waals surface area contributed by atoms with Crippen LogP contribution >= 0.6 is 11.3 Å². The molecule has 1 fully saturated rings. The molecule has 0 aliphatic heterocycles. The molecule has 2 aromatic heterocycles. The number of fused-ring (bicyclic) bond motifs is 1. The minimum Gasteiger partial charge on any atom is -0.308 e. The first-order valence-corrected chi connectivity index (χ1v) is 8.06. The van der Waals surface area contributed by atoms with Gasteiger partial charge in [0.2, 0.25) is 0 Å². The van der Waals surface area contributed by atoms with Gasteiger partial charge in [-0.2, -0.15) is 5.10 Å². The predicted octanol–water partition coefficient (Wildman–Crippen LogP) is 3.93. The second kappa shape index (κ2) is 5.42. The van der Waals surface area contributed by atoms with Crippen molar-refractivity contribution in [2.75, 3.05) is 10.6 Å². The highest BCUT2D eigenvalue weighted by Gasteiger charge is 2.22. The monoisotopic (exact) mass is 313 g/mol. The van der Waals surface area contributed by atoms with Crippen molar-refractivity contribution in [3.63, 3.8) is 0 Å². The topological polar surface area (TPSA) is 82.7 Å². The summed E-state index contributed by atoms with van der Waals surface area (Å²) in [7, 11) is 0. The number of amides is 2. The molecule has 6 nitrogen and oxygen atoms in total. The molecule has 7 heteroatoms. The normalized spacial score (nSPS) is 14.7. The molecule has 0 radical (unpaired) electrons. The van der Waals surface area contributed by atoms with Gasteiger partial charge in [-0.1, -0.05) is 6.42 Å². The average Bonchev–Trinajstić information content (AvgIpc) is 3.05. The number of carbonyl (C=O) groups is 1. The van der Waals surface area contributed by atoms with Crippen LogP contribution in [0.3, 0.4) is 0 Å². The Balaban J connectivity index is 1.42. The van der Waals surface area contributed by atoms with Crippen molar-refractivity contribution in [2.45, 2.75) is 25.2 Å². The van der Waals surface area contributed by atoms with Crippen molar-refractivity contribution >= 4 is 39.1 Å². The molecule has 22 heavy (non-hydrogen) atoms. The molecule has 0 atom stereocenters. The summed E-state index contributed by atoms with van der Waals surface area (Å²) in [5.74, 6) is 0.638. The van der Waals surface area contributed by atoms with Crippen molar-refractivity contribution in [3.05, 3.63) is 35.5 Å². The molecule has 1 aliphatic rings. The number of H-pyrrole nitrogens is 1. The standard InChI is InChI=1S/C15H15N5OS/c21-14(18-11-5-4-10-7-17-20-12(10)6-11)19-15-16-8-13(22-15)9-2-1-3-9/h4-9H,1-3H2,(H,17,20)(H2,16,18,19,21). The molecule has 0 bridgehead atoms. The smallest absolute Gasteiger partial charge is 0.308 e. The van der Waals surface area contributed by atoms with Crippen molar-refractivity contribution in [1.82, 2.24) is 15.2 Å². The SMILES string of the molecule is O=C(Nc1ccc2cn[nH]c2c1)Nc1ncc(C2CCC2)s1. The van der Waals surface area contributed by atoms with Crippen molar-refractivity contribution in [1.29, 1.82) is 0 Å². The van der Waals surface area contributed by atoms with Gasteiger partial charge in [0.15, 0.2) is 5.13 Å². The van der Waals surface area contributed by atoms with Gasteiger partial charge in [0.25, 0.3) is 0 Å². The zero-order valence-corrected chi connectivity index (χ0v) is 12.6. The maximum atomic E-state index is 12.0. The van der Waals surface area contributed by atoms with Crippen LogP contribution in [-0.4, -0.2) is 21.2 Å². The largest absolute Gasteiger partial charge is 0.325 e. The van der Waals surface area contributed by atoms with Crippen LogP contribution in [0.4, 0.5) is 15.6 Å². The number of rotatable bonds is 3. The van der Waals surface area contributed by atoms with E-state index in [4.69, 9.17) is 0 Å². The molecule has 4 rings (SSSR count). The van der Waals surface area contributed by atoms with E-state index < -0.39 is 0 Å². The van der Waals surface area contributed by atoms with Crippen LogP contribution in [0.2, 0.25) is 0 Å². The first-order chi connectivity index (χ1) is 10.8. The van der Waals surface area contributed by atoms with E-state index in [0.717, 1.165) is 10.9 Å². The molecule has 1 aromatic carbocycles. The lowest BCUT2D eigenvalue weighted by Gasteiger charge is -2.23. The zero-order valence-electron chi connectivity index (χ0n) is 11.8. The lowest BCUT2D eigenvalue weighted by Crippen LogP contribution is -2.19. The van der Waals surface area contributed by atoms with Crippen LogP contribution in [0.25, 0.3) is 10.9 Å². The highest BCUT2D eigenvalue weighted by molar-refractivity contribution is 7.15. The summed E-state index contributed by atoms with van der Waals surface area (Å²) in [6.45, 7) is 0. The third-order valence-electron chi connectivity index (χ3n) is 3.95. The quantitative estimate of drug-likeness (QED) is 0.685. The molecule has 3 N–H and O–H groups in total. The van der Waals surface area contributed by atoms with Crippen LogP contribution in [-0.2, 0) is 0 Å². The lowest BCUT2D eigenvalue weighted by molar-refractivity contribution is 0.262. The van der Waals surface area contributed by atoms with E-state index in [1.807, 2.05) is 24.4 Å². The zero-order chi connectivity index (χ0) is 14.9. The molecule has 0 saturated heterocycles. The maximum absolute atomic E-state index is 12.0. The Morgan fingerprint density at radius 2 is 2.18 bits per heavy atom. The molecule has 2 amide bonds. The molecule has 112 valence electrons. The van der Waals surface area contributed by atoms with Crippen LogP contribution in [0, 0.1) is 0 Å². The highest BCUT2D eigenvalue weighted by atomic mass is 32.1. The Hall–Kier alpha value is -2.41. The summed E-state index contributed by atoms with van der Waals surface area (Å²) in [5.41, 5.74) is 1.60. The molecular formula is C15H15N5OS. The number of benzene rings is 1. The van der Waals surface area contributed by atoms with E-state index in [-0.39, 0.29) is 6.03 Å². The van der Waals surface area contributed by atoms with E-state index >= 15 is 0 Å². The lowest BCUT2D eigenvalue weighted by atomic mass is 9.85. The Kier molecular flexibility index (Phi) is 3.27. The molecule has 3 aromatic rings. The minimum absolute atomic E-state index is 0.284. The number of anilines is 2. The third kappa shape index (κ3) is 2.55. The molecule has 2 heterocycles. The van der Waals surface area contributed by atoms with Gasteiger partial charge in [-0.3, -0.25) is 10.4 Å². The molecular weight excluding hydrogens is 298 g/mol. The summed E-state index contributed by atoms with van der Waals surface area (Å²) in [4.78, 5) is 17.6. The number of hydrogen-bond donors (Lipinski definition) is 3. The number of urea groups is 1. The van der Waals surface area contributed by atoms with E-state index in [1.165, 1.54) is 24.1 Å². The summed E-state index contributed by atoms with van der Waals surface area (Å²) >= 11 is 1.56. The van der Waals surface area contributed by atoms with Crippen LogP contribution < -0.4 is 10.6 Å². The van der Waals surface area contributed by atoms with Crippen molar-refractivity contribution in [3.8, 4) is 0 Å². The Morgan fingerprint density at radius 1 is 1.27 bits per heavy atom. The number of nitrogens with one attached hydrogen (secondary N) is 3. The predicted molar refractivity (Wildman–Crippen MR) is 87.4 cm³/mol. The van der Waals surface area contributed by atoms with Crippen molar-refractivity contribution in [2.24, 2.45) is 0 Å². The minimum atomic E-state index is -0.284. The van der Waals surface area contributed by atoms with Gasteiger partial charge in [-0.25, -0.2) is 9.78 Å². The van der Waals surface area contributed by atoms with Crippen LogP contribution in [0.15, 0.2) is 30.6 Å². The Bertz CT molecular complexity index is 820. The summed E-state index contributed by atoms with van der Waals surface area (Å²) in [6.07, 6.45) is 7.38. The van der Waals surface area contributed by atoms with Gasteiger partial charge < -0.3 is 5.32 Å². The maximum Gasteiger partial charge on any atom is 0.325 e. The second-order valence-corrected chi connectivity index (χ2v) is 6.51. The van der Waals surface area contributed by atoms with E-state index in [9.17, 15) is 4.79 Å². The van der Waals surface area contributed by atoms with Crippen molar-refractivity contribution < 1.29 is 4.79 Å². The van der Waals surface area contributed by atoms with Gasteiger partial charge in [0.05, 0.1) is 11.7 Å². The summed E-state index contributed by atoms with van der Waals surface area (Å²) < 4.78 is 0. The molecule has 0 spiro atoms. The van der Waals surface area contributed by atoms with Gasteiger partial charge in [-0.05, 0) is 37.0 Å². The molecule has 1 saturated carbocycles. The van der Waals surface area contributed by atoms with Gasteiger partial charge in [-0.15, -0.1) is 11.3 Å². The van der Waals surface area contributed by atoms with E-state index in [2.05, 4.69) is 25.8 Å².